The van der Waals surface area contributed by atoms with E-state index in [9.17, 15) is 14.0 Å². The van der Waals surface area contributed by atoms with Gasteiger partial charge >= 0.3 is 5.97 Å². The Morgan fingerprint density at radius 3 is 2.75 bits per heavy atom. The number of carbonyl (C=O) groups excluding carboxylic acids is 1. The largest absolute Gasteiger partial charge is 0.481 e. The molecule has 1 saturated heterocycles. The van der Waals surface area contributed by atoms with E-state index >= 15 is 0 Å². The zero-order valence-corrected chi connectivity index (χ0v) is 12.8. The van der Waals surface area contributed by atoms with Crippen molar-refractivity contribution in [2.75, 3.05) is 19.8 Å². The van der Waals surface area contributed by atoms with Gasteiger partial charge in [0.2, 0.25) is 0 Å². The monoisotopic (exact) mass is 333 g/mol. The molecule has 2 aromatic rings. The van der Waals surface area contributed by atoms with Gasteiger partial charge in [-0.1, -0.05) is 0 Å². The molecule has 0 aliphatic carbocycles. The molecule has 7 nitrogen and oxygen atoms in total. The quantitative estimate of drug-likeness (QED) is 0.912. The molecule has 8 heteroatoms. The molecule has 1 aliphatic rings. The predicted molar refractivity (Wildman–Crippen MR) is 81.4 cm³/mol. The van der Waals surface area contributed by atoms with Crippen molar-refractivity contribution >= 4 is 11.9 Å². The molecule has 2 heterocycles. The molecule has 0 radical (unpaired) electrons. The van der Waals surface area contributed by atoms with Crippen molar-refractivity contribution < 1.29 is 23.8 Å². The van der Waals surface area contributed by atoms with Gasteiger partial charge in [0.1, 0.15) is 5.82 Å². The van der Waals surface area contributed by atoms with Gasteiger partial charge in [0.05, 0.1) is 31.4 Å². The first-order chi connectivity index (χ1) is 11.5. The number of halogens is 1. The lowest BCUT2D eigenvalue weighted by Gasteiger charge is -2.34. The van der Waals surface area contributed by atoms with Crippen LogP contribution in [0.4, 0.5) is 4.39 Å². The highest BCUT2D eigenvalue weighted by atomic mass is 19.1. The van der Waals surface area contributed by atoms with Crippen LogP contribution in [0.25, 0.3) is 5.69 Å². The van der Waals surface area contributed by atoms with Crippen LogP contribution in [0.1, 0.15) is 16.9 Å². The number of aliphatic carboxylic acids is 1. The standard InChI is InChI=1S/C16H16FN3O4/c17-11-1-3-12(4-2-11)20-6-5-14(18-20)16(23)19-7-8-24-10-13(19)9-15(21)22/h1-6,13H,7-10H2,(H,21,22). The summed E-state index contributed by atoms with van der Waals surface area (Å²) in [4.78, 5) is 25.1. The number of hydrogen-bond donors (Lipinski definition) is 1. The lowest BCUT2D eigenvalue weighted by atomic mass is 10.1. The molecule has 1 atom stereocenters. The maximum Gasteiger partial charge on any atom is 0.305 e. The second-order valence-corrected chi connectivity index (χ2v) is 5.45. The number of ether oxygens (including phenoxy) is 1. The number of morpholine rings is 1. The van der Waals surface area contributed by atoms with E-state index in [1.165, 1.54) is 21.7 Å². The van der Waals surface area contributed by atoms with Crippen LogP contribution in [-0.2, 0) is 9.53 Å². The fourth-order valence-corrected chi connectivity index (χ4v) is 2.62. The Kier molecular flexibility index (Phi) is 4.57. The summed E-state index contributed by atoms with van der Waals surface area (Å²) in [5.41, 5.74) is 0.830. The lowest BCUT2D eigenvalue weighted by molar-refractivity contribution is -0.139. The van der Waals surface area contributed by atoms with E-state index in [0.29, 0.717) is 18.8 Å². The van der Waals surface area contributed by atoms with Crippen LogP contribution in [-0.4, -0.2) is 57.5 Å². The normalized spacial score (nSPS) is 17.7. The first-order valence-corrected chi connectivity index (χ1v) is 7.47. The minimum absolute atomic E-state index is 0.176. The van der Waals surface area contributed by atoms with Crippen molar-refractivity contribution in [1.29, 1.82) is 0 Å². The highest BCUT2D eigenvalue weighted by Crippen LogP contribution is 2.16. The van der Waals surface area contributed by atoms with Gasteiger partial charge in [0.15, 0.2) is 5.69 Å². The van der Waals surface area contributed by atoms with Gasteiger partial charge < -0.3 is 14.7 Å². The van der Waals surface area contributed by atoms with Crippen LogP contribution >= 0.6 is 0 Å². The molecule has 1 amide bonds. The van der Waals surface area contributed by atoms with Gasteiger partial charge in [-0.25, -0.2) is 9.07 Å². The number of carboxylic acids is 1. The molecule has 24 heavy (non-hydrogen) atoms. The van der Waals surface area contributed by atoms with Crippen LogP contribution in [0.3, 0.4) is 0 Å². The lowest BCUT2D eigenvalue weighted by Crippen LogP contribution is -2.49. The Morgan fingerprint density at radius 2 is 2.04 bits per heavy atom. The predicted octanol–water partition coefficient (Wildman–Crippen LogP) is 1.33. The van der Waals surface area contributed by atoms with E-state index in [4.69, 9.17) is 9.84 Å². The number of aromatic nitrogens is 2. The molecule has 1 aliphatic heterocycles. The Labute approximate surface area is 137 Å². The van der Waals surface area contributed by atoms with E-state index in [-0.39, 0.29) is 30.4 Å². The number of hydrogen-bond acceptors (Lipinski definition) is 4. The van der Waals surface area contributed by atoms with Gasteiger partial charge in [-0.2, -0.15) is 5.10 Å². The third-order valence-corrected chi connectivity index (χ3v) is 3.80. The molecule has 1 unspecified atom stereocenters. The summed E-state index contributed by atoms with van der Waals surface area (Å²) in [5, 5.41) is 13.2. The molecule has 126 valence electrons. The molecule has 1 fully saturated rings. The number of benzene rings is 1. The van der Waals surface area contributed by atoms with Crippen molar-refractivity contribution in [1.82, 2.24) is 14.7 Å². The fourth-order valence-electron chi connectivity index (χ4n) is 2.62. The summed E-state index contributed by atoms with van der Waals surface area (Å²) in [5.74, 6) is -1.68. The minimum Gasteiger partial charge on any atom is -0.481 e. The molecule has 0 bridgehead atoms. The molecule has 1 aromatic carbocycles. The van der Waals surface area contributed by atoms with Crippen LogP contribution in [0.15, 0.2) is 36.5 Å². The highest BCUT2D eigenvalue weighted by molar-refractivity contribution is 5.92. The van der Waals surface area contributed by atoms with Crippen molar-refractivity contribution in [2.45, 2.75) is 12.5 Å². The number of nitrogens with zero attached hydrogens (tertiary/aromatic N) is 3. The van der Waals surface area contributed by atoms with Crippen molar-refractivity contribution in [2.24, 2.45) is 0 Å². The smallest absolute Gasteiger partial charge is 0.305 e. The number of amides is 1. The average molecular weight is 333 g/mol. The van der Waals surface area contributed by atoms with E-state index in [1.807, 2.05) is 0 Å². The Hall–Kier alpha value is -2.74. The van der Waals surface area contributed by atoms with Gasteiger partial charge in [-0.3, -0.25) is 9.59 Å². The molecule has 0 spiro atoms. The van der Waals surface area contributed by atoms with Crippen molar-refractivity contribution in [3.8, 4) is 5.69 Å². The van der Waals surface area contributed by atoms with Crippen LogP contribution in [0.5, 0.6) is 0 Å². The van der Waals surface area contributed by atoms with Gasteiger partial charge in [0.25, 0.3) is 5.91 Å². The third-order valence-electron chi connectivity index (χ3n) is 3.80. The Balaban J connectivity index is 1.79. The van der Waals surface area contributed by atoms with Gasteiger partial charge in [0, 0.05) is 12.7 Å². The summed E-state index contributed by atoms with van der Waals surface area (Å²) in [6, 6.07) is 6.77. The summed E-state index contributed by atoms with van der Waals surface area (Å²) in [6.45, 7) is 0.872. The first-order valence-electron chi connectivity index (χ1n) is 7.47. The SMILES string of the molecule is O=C(O)CC1COCCN1C(=O)c1ccn(-c2ccc(F)cc2)n1. The van der Waals surface area contributed by atoms with Gasteiger partial charge in [-0.15, -0.1) is 0 Å². The molecule has 0 saturated carbocycles. The molecular weight excluding hydrogens is 317 g/mol. The van der Waals surface area contributed by atoms with Crippen molar-refractivity contribution in [3.63, 3.8) is 0 Å². The molecule has 3 rings (SSSR count). The second kappa shape index (κ2) is 6.79. The number of rotatable bonds is 4. The van der Waals surface area contributed by atoms with Crippen LogP contribution in [0.2, 0.25) is 0 Å². The number of carbonyl (C=O) groups is 2. The number of carboxylic acid groups (broad SMARTS) is 1. The first kappa shape index (κ1) is 16.1. The average Bonchev–Trinajstić information content (AvgIpc) is 3.05. The second-order valence-electron chi connectivity index (χ2n) is 5.45. The zero-order chi connectivity index (χ0) is 17.1. The highest BCUT2D eigenvalue weighted by Gasteiger charge is 2.30. The third kappa shape index (κ3) is 3.43. The minimum atomic E-state index is -0.986. The van der Waals surface area contributed by atoms with E-state index < -0.39 is 12.0 Å². The maximum absolute atomic E-state index is 13.0. The van der Waals surface area contributed by atoms with E-state index in [0.717, 1.165) is 0 Å². The van der Waals surface area contributed by atoms with Crippen LogP contribution in [0, 0.1) is 5.82 Å². The molecule has 1 aromatic heterocycles. The van der Waals surface area contributed by atoms with E-state index in [2.05, 4.69) is 5.10 Å². The summed E-state index contributed by atoms with van der Waals surface area (Å²) >= 11 is 0. The Morgan fingerprint density at radius 1 is 1.29 bits per heavy atom. The fraction of sp³-hybridized carbons (Fsp3) is 0.312. The van der Waals surface area contributed by atoms with Gasteiger partial charge in [-0.05, 0) is 30.3 Å². The summed E-state index contributed by atoms with van der Waals surface area (Å²) < 4.78 is 19.7. The summed E-state index contributed by atoms with van der Waals surface area (Å²) in [6.07, 6.45) is 1.43. The van der Waals surface area contributed by atoms with E-state index in [1.54, 1.807) is 24.4 Å². The van der Waals surface area contributed by atoms with Crippen LogP contribution < -0.4 is 0 Å². The maximum atomic E-state index is 13.0. The topological polar surface area (TPSA) is 84.7 Å². The molecule has 1 N–H and O–H groups in total. The Bertz CT molecular complexity index is 744. The zero-order valence-electron chi connectivity index (χ0n) is 12.8. The summed E-state index contributed by atoms with van der Waals surface area (Å²) in [7, 11) is 0. The molecular formula is C16H16FN3O4. The van der Waals surface area contributed by atoms with Crippen molar-refractivity contribution in [3.05, 3.63) is 48.0 Å².